The van der Waals surface area contributed by atoms with Gasteiger partial charge in [0.1, 0.15) is 53.6 Å². The van der Waals surface area contributed by atoms with Gasteiger partial charge in [0, 0.05) is 62.4 Å². The van der Waals surface area contributed by atoms with Gasteiger partial charge in [0.15, 0.2) is 11.9 Å². The van der Waals surface area contributed by atoms with Gasteiger partial charge < -0.3 is 96.4 Å². The van der Waals surface area contributed by atoms with Crippen molar-refractivity contribution in [1.29, 1.82) is 0 Å². The summed E-state index contributed by atoms with van der Waals surface area (Å²) in [5.74, 6) is -7.96. The SMILES string of the molecule is COc1ccc2c(CC(=O)NCC(=O)NC(C)C(=O)NC(CCCCNC(C)=O)C(=O)NC(CCCN=C(N)N)C(=O)NC(Cc3cnc[nH]3)C(=O)NC(CCCN=C(N)N)C(=O)NC(CCCCN)C(=O)NC(C(N)=O)C(C)C)cc(=O)oc2c1. The second kappa shape index (κ2) is 37.1. The number of benzene rings is 1. The minimum absolute atomic E-state index is 0.000337. The lowest BCUT2D eigenvalue weighted by Crippen LogP contribution is -2.60. The maximum absolute atomic E-state index is 14.6. The van der Waals surface area contributed by atoms with Gasteiger partial charge >= 0.3 is 5.63 Å². The summed E-state index contributed by atoms with van der Waals surface area (Å²) in [6, 6.07) is -3.35. The number of primary amides is 1. The van der Waals surface area contributed by atoms with Gasteiger partial charge in [0.05, 0.1) is 26.4 Å². The summed E-state index contributed by atoms with van der Waals surface area (Å²) in [5.41, 5.74) is 33.7. The number of carbonyl (C=O) groups is 10. The Balaban J connectivity index is 1.90. The van der Waals surface area contributed by atoms with Gasteiger partial charge in [-0.2, -0.15) is 0 Å². The minimum atomic E-state index is -1.48. The maximum Gasteiger partial charge on any atom is 0.336 e. The third-order valence-electron chi connectivity index (χ3n) is 13.2. The fraction of sp³-hybridized carbons (Fsp3) is 0.556. The van der Waals surface area contributed by atoms with Gasteiger partial charge in [-0.1, -0.05) is 13.8 Å². The van der Waals surface area contributed by atoms with Crippen LogP contribution >= 0.6 is 0 Å². The first kappa shape index (κ1) is 70.9. The van der Waals surface area contributed by atoms with Crippen LogP contribution in [0.1, 0.15) is 103 Å². The lowest BCUT2D eigenvalue weighted by Gasteiger charge is -2.28. The molecule has 22 N–H and O–H groups in total. The summed E-state index contributed by atoms with van der Waals surface area (Å²) in [4.78, 5) is 162. The Bertz CT molecular complexity index is 2890. The smallest absolute Gasteiger partial charge is 0.336 e. The number of nitrogens with one attached hydrogen (secondary N) is 10. The van der Waals surface area contributed by atoms with Gasteiger partial charge in [-0.15, -0.1) is 0 Å². The van der Waals surface area contributed by atoms with Crippen molar-refractivity contribution in [3.63, 3.8) is 0 Å². The van der Waals surface area contributed by atoms with Crippen molar-refractivity contribution in [2.75, 3.05) is 39.8 Å². The van der Waals surface area contributed by atoms with Crippen LogP contribution in [0.3, 0.4) is 0 Å². The van der Waals surface area contributed by atoms with E-state index in [1.165, 1.54) is 39.5 Å². The molecule has 0 aliphatic rings. The van der Waals surface area contributed by atoms with Crippen molar-refractivity contribution in [2.24, 2.45) is 50.3 Å². The summed E-state index contributed by atoms with van der Waals surface area (Å²) in [6.45, 7) is 5.99. The van der Waals surface area contributed by atoms with E-state index in [4.69, 9.17) is 43.6 Å². The summed E-state index contributed by atoms with van der Waals surface area (Å²) < 4.78 is 10.4. The molecule has 0 aliphatic heterocycles. The van der Waals surface area contributed by atoms with Crippen molar-refractivity contribution in [1.82, 2.24) is 57.8 Å². The first-order valence-electron chi connectivity index (χ1n) is 28.1. The number of carbonyl (C=O) groups excluding carboxylic acids is 10. The molecule has 0 fully saturated rings. The number of rotatable bonds is 39. The van der Waals surface area contributed by atoms with Crippen LogP contribution in [0.25, 0.3) is 11.0 Å². The molecule has 0 bridgehead atoms. The third kappa shape index (κ3) is 26.1. The number of amides is 10. The second-order valence-electron chi connectivity index (χ2n) is 20.6. The van der Waals surface area contributed by atoms with Crippen LogP contribution in [-0.2, 0) is 60.8 Å². The molecule has 10 amide bonds. The number of guanidine groups is 2. The van der Waals surface area contributed by atoms with Gasteiger partial charge in [-0.25, -0.2) is 9.78 Å². The van der Waals surface area contributed by atoms with Gasteiger partial charge in [-0.05, 0) is 101 Å². The molecule has 2 heterocycles. The Morgan fingerprint density at radius 3 is 1.66 bits per heavy atom. The van der Waals surface area contributed by atoms with Crippen molar-refractivity contribution in [2.45, 2.75) is 147 Å². The van der Waals surface area contributed by atoms with Crippen molar-refractivity contribution in [3.05, 3.63) is 58.5 Å². The number of ether oxygens (including phenoxy) is 1. The standard InChI is InChI=1S/C54H85N19O13/c1-29(2)45(46(56)78)73-51(83)37(12-6-8-18-55)69-49(81)38(14-10-20-63-53(57)58)71-52(84)40(24-33-26-61-28-66-33)72-50(82)39(15-11-21-64-54(59)60)70-48(80)36(13-7-9-19-62-31(4)74)68-47(79)30(3)67-43(76)27-65-42(75)22-32-23-44(77)86-41-25-34(85-5)16-17-35(32)41/h16-17,23,25-26,28-30,36-40,45H,6-15,18-22,24,27,55H2,1-5H3,(H2,56,78)(H,61,66)(H,62,74)(H,65,75)(H,67,76)(H,68,79)(H,69,81)(H,70,80)(H,71,84)(H,72,82)(H,73,83)(H4,57,58,63)(H4,59,60,64). The zero-order valence-corrected chi connectivity index (χ0v) is 49.2. The Morgan fingerprint density at radius 1 is 0.640 bits per heavy atom. The maximum atomic E-state index is 14.6. The Kier molecular flexibility index (Phi) is 30.6. The number of imidazole rings is 1. The van der Waals surface area contributed by atoms with Crippen LogP contribution in [0.2, 0.25) is 0 Å². The highest BCUT2D eigenvalue weighted by Crippen LogP contribution is 2.23. The number of aromatic nitrogens is 2. The molecule has 3 aromatic rings. The Labute approximate surface area is 496 Å². The number of aliphatic imine (C=N–C) groups is 2. The van der Waals surface area contributed by atoms with Crippen LogP contribution in [0.5, 0.6) is 5.75 Å². The molecule has 0 aliphatic carbocycles. The quantitative estimate of drug-likeness (QED) is 0.0111. The third-order valence-corrected chi connectivity index (χ3v) is 13.2. The molecule has 7 atom stereocenters. The number of H-pyrrole nitrogens is 1. The number of nitrogens with two attached hydrogens (primary N) is 6. The lowest BCUT2D eigenvalue weighted by molar-refractivity contribution is -0.136. The molecule has 0 radical (unpaired) electrons. The topological polar surface area (TPSA) is 528 Å². The predicted molar refractivity (Wildman–Crippen MR) is 317 cm³/mol. The van der Waals surface area contributed by atoms with Crippen molar-refractivity contribution in [3.8, 4) is 5.75 Å². The molecule has 86 heavy (non-hydrogen) atoms. The number of nitrogens with zero attached hydrogens (tertiary/aromatic N) is 3. The first-order chi connectivity index (χ1) is 40.8. The molecular formula is C54H85N19O13. The van der Waals surface area contributed by atoms with E-state index in [-0.39, 0.29) is 107 Å². The summed E-state index contributed by atoms with van der Waals surface area (Å²) in [6.07, 6.45) is 3.78. The molecule has 1 aromatic carbocycles. The summed E-state index contributed by atoms with van der Waals surface area (Å²) in [7, 11) is 1.44. The number of aromatic amines is 1. The highest BCUT2D eigenvalue weighted by atomic mass is 16.5. The molecule has 0 saturated heterocycles. The molecule has 32 heteroatoms. The van der Waals surface area contributed by atoms with E-state index in [1.54, 1.807) is 26.0 Å². The molecule has 474 valence electrons. The molecular weight excluding hydrogens is 1120 g/mol. The Morgan fingerprint density at radius 2 is 1.16 bits per heavy atom. The van der Waals surface area contributed by atoms with E-state index >= 15 is 0 Å². The summed E-state index contributed by atoms with van der Waals surface area (Å²) in [5, 5.41) is 24.0. The zero-order chi connectivity index (χ0) is 63.9. The van der Waals surface area contributed by atoms with E-state index in [9.17, 15) is 52.7 Å². The fourth-order valence-electron chi connectivity index (χ4n) is 8.60. The number of hydrogen-bond acceptors (Lipinski definition) is 17. The largest absolute Gasteiger partial charge is 0.497 e. The average Bonchev–Trinajstić information content (AvgIpc) is 1.69. The molecule has 32 nitrogen and oxygen atoms in total. The molecule has 2 aromatic heterocycles. The number of unbranched alkanes of at least 4 members (excludes halogenated alkanes) is 2. The van der Waals surface area contributed by atoms with Crippen LogP contribution < -0.4 is 92.6 Å². The predicted octanol–water partition coefficient (Wildman–Crippen LogP) is -4.48. The highest BCUT2D eigenvalue weighted by molar-refractivity contribution is 5.98. The van der Waals surface area contributed by atoms with Gasteiger partial charge in [0.25, 0.3) is 0 Å². The van der Waals surface area contributed by atoms with E-state index in [1.807, 2.05) is 0 Å². The minimum Gasteiger partial charge on any atom is -0.497 e. The van der Waals surface area contributed by atoms with Gasteiger partial charge in [0.2, 0.25) is 59.1 Å². The van der Waals surface area contributed by atoms with Crippen LogP contribution in [0, 0.1) is 5.92 Å². The van der Waals surface area contributed by atoms with Crippen molar-refractivity contribution < 1.29 is 57.1 Å². The number of fused-ring (bicyclic) bond motifs is 1. The zero-order valence-electron chi connectivity index (χ0n) is 49.2. The molecule has 7 unspecified atom stereocenters. The Hall–Kier alpha value is -9.36. The number of methoxy groups -OCH3 is 1. The van der Waals surface area contributed by atoms with E-state index in [0.717, 1.165) is 6.07 Å². The highest BCUT2D eigenvalue weighted by Gasteiger charge is 2.34. The molecule has 0 saturated carbocycles. The van der Waals surface area contributed by atoms with Crippen molar-refractivity contribution >= 4 is 82.0 Å². The fourth-order valence-corrected chi connectivity index (χ4v) is 8.60. The molecule has 3 rings (SSSR count). The van der Waals surface area contributed by atoms with Gasteiger partial charge in [-0.3, -0.25) is 57.9 Å². The second-order valence-corrected chi connectivity index (χ2v) is 20.6. The van der Waals surface area contributed by atoms with Crippen LogP contribution in [0.4, 0.5) is 0 Å². The lowest BCUT2D eigenvalue weighted by atomic mass is 10.0. The average molecular weight is 1210 g/mol. The van der Waals surface area contributed by atoms with E-state index < -0.39 is 114 Å². The van der Waals surface area contributed by atoms with E-state index in [2.05, 4.69) is 67.8 Å². The number of hydrogen-bond donors (Lipinski definition) is 16. The normalized spacial score (nSPS) is 13.4. The first-order valence-corrected chi connectivity index (χ1v) is 28.1. The molecule has 0 spiro atoms. The monoisotopic (exact) mass is 1210 g/mol. The van der Waals surface area contributed by atoms with Crippen LogP contribution in [0.15, 0.2) is 56.0 Å². The summed E-state index contributed by atoms with van der Waals surface area (Å²) >= 11 is 0. The van der Waals surface area contributed by atoms with E-state index in [0.29, 0.717) is 41.7 Å². The van der Waals surface area contributed by atoms with Crippen LogP contribution in [-0.4, -0.2) is 163 Å².